The van der Waals surface area contributed by atoms with Gasteiger partial charge in [0.05, 0.1) is 9.21 Å². The molecule has 2 aromatic rings. The zero-order valence-corrected chi connectivity index (χ0v) is 9.61. The second-order valence-electron chi connectivity index (χ2n) is 3.06. The molecule has 2 rings (SSSR count). The molecular formula is C11H7ClFNOS. The maximum absolute atomic E-state index is 12.6. The Labute approximate surface area is 101 Å². The van der Waals surface area contributed by atoms with E-state index in [-0.39, 0.29) is 11.7 Å². The fraction of sp³-hybridized carbons (Fsp3) is 0. The van der Waals surface area contributed by atoms with Crippen molar-refractivity contribution in [2.24, 2.45) is 0 Å². The van der Waals surface area contributed by atoms with Gasteiger partial charge in [-0.15, -0.1) is 11.3 Å². The molecule has 0 atom stereocenters. The summed E-state index contributed by atoms with van der Waals surface area (Å²) in [6, 6.07) is 8.89. The van der Waals surface area contributed by atoms with Gasteiger partial charge in [-0.05, 0) is 36.4 Å². The SMILES string of the molecule is O=C(Nc1ccc(F)cc1)c1ccc(Cl)s1. The molecule has 0 saturated heterocycles. The van der Waals surface area contributed by atoms with Gasteiger partial charge in [0.1, 0.15) is 5.82 Å². The van der Waals surface area contributed by atoms with Gasteiger partial charge in [-0.2, -0.15) is 0 Å². The van der Waals surface area contributed by atoms with Gasteiger partial charge in [0.15, 0.2) is 0 Å². The van der Waals surface area contributed by atoms with Crippen LogP contribution in [0.1, 0.15) is 9.67 Å². The van der Waals surface area contributed by atoms with Crippen molar-refractivity contribution in [3.63, 3.8) is 0 Å². The lowest BCUT2D eigenvalue weighted by Crippen LogP contribution is -2.09. The highest BCUT2D eigenvalue weighted by Crippen LogP contribution is 2.22. The number of nitrogens with one attached hydrogen (secondary N) is 1. The number of thiophene rings is 1. The van der Waals surface area contributed by atoms with Gasteiger partial charge in [-0.3, -0.25) is 4.79 Å². The highest BCUT2D eigenvalue weighted by atomic mass is 35.5. The van der Waals surface area contributed by atoms with E-state index in [9.17, 15) is 9.18 Å². The number of rotatable bonds is 2. The van der Waals surface area contributed by atoms with E-state index < -0.39 is 0 Å². The summed E-state index contributed by atoms with van der Waals surface area (Å²) in [7, 11) is 0. The van der Waals surface area contributed by atoms with Gasteiger partial charge in [0.2, 0.25) is 0 Å². The van der Waals surface area contributed by atoms with Crippen LogP contribution in [0.4, 0.5) is 10.1 Å². The lowest BCUT2D eigenvalue weighted by atomic mass is 10.3. The summed E-state index contributed by atoms with van der Waals surface area (Å²) >= 11 is 6.91. The van der Waals surface area contributed by atoms with E-state index in [0.29, 0.717) is 14.9 Å². The Morgan fingerprint density at radius 3 is 2.44 bits per heavy atom. The predicted molar refractivity (Wildman–Crippen MR) is 63.7 cm³/mol. The summed E-state index contributed by atoms with van der Waals surface area (Å²) in [4.78, 5) is 12.2. The molecule has 82 valence electrons. The molecule has 1 N–H and O–H groups in total. The second kappa shape index (κ2) is 4.63. The van der Waals surface area contributed by atoms with E-state index in [1.165, 1.54) is 35.6 Å². The minimum absolute atomic E-state index is 0.247. The van der Waals surface area contributed by atoms with Crippen LogP contribution in [0.2, 0.25) is 4.34 Å². The maximum Gasteiger partial charge on any atom is 0.265 e. The molecule has 0 aliphatic rings. The largest absolute Gasteiger partial charge is 0.321 e. The molecule has 5 heteroatoms. The normalized spacial score (nSPS) is 10.1. The Balaban J connectivity index is 2.10. The van der Waals surface area contributed by atoms with Crippen molar-refractivity contribution in [3.05, 3.63) is 51.4 Å². The summed E-state index contributed by atoms with van der Waals surface area (Å²) < 4.78 is 13.2. The first-order valence-electron chi connectivity index (χ1n) is 4.47. The monoisotopic (exact) mass is 255 g/mol. The summed E-state index contributed by atoms with van der Waals surface area (Å²) in [6.45, 7) is 0. The molecule has 0 saturated carbocycles. The highest BCUT2D eigenvalue weighted by Gasteiger charge is 2.08. The Morgan fingerprint density at radius 1 is 1.19 bits per heavy atom. The summed E-state index contributed by atoms with van der Waals surface area (Å²) in [5.41, 5.74) is 0.552. The van der Waals surface area contributed by atoms with Crippen molar-refractivity contribution < 1.29 is 9.18 Å². The molecule has 1 aromatic heterocycles. The first-order valence-corrected chi connectivity index (χ1v) is 5.67. The lowest BCUT2D eigenvalue weighted by Gasteiger charge is -2.02. The number of benzene rings is 1. The molecule has 0 spiro atoms. The number of amides is 1. The van der Waals surface area contributed by atoms with Gasteiger partial charge in [0, 0.05) is 5.69 Å². The summed E-state index contributed by atoms with van der Waals surface area (Å²) in [5, 5.41) is 2.64. The van der Waals surface area contributed by atoms with E-state index >= 15 is 0 Å². The number of carbonyl (C=O) groups excluding carboxylic acids is 1. The van der Waals surface area contributed by atoms with Crippen LogP contribution in [0.3, 0.4) is 0 Å². The zero-order valence-electron chi connectivity index (χ0n) is 8.04. The van der Waals surface area contributed by atoms with Crippen molar-refractivity contribution in [1.82, 2.24) is 0 Å². The topological polar surface area (TPSA) is 29.1 Å². The Morgan fingerprint density at radius 2 is 1.88 bits per heavy atom. The van der Waals surface area contributed by atoms with Gasteiger partial charge < -0.3 is 5.32 Å². The first kappa shape index (κ1) is 11.1. The van der Waals surface area contributed by atoms with Crippen LogP contribution in [0.25, 0.3) is 0 Å². The van der Waals surface area contributed by atoms with Crippen molar-refractivity contribution in [2.45, 2.75) is 0 Å². The van der Waals surface area contributed by atoms with Gasteiger partial charge >= 0.3 is 0 Å². The molecule has 0 aliphatic carbocycles. The number of hydrogen-bond acceptors (Lipinski definition) is 2. The molecule has 1 amide bonds. The number of halogens is 2. The van der Waals surface area contributed by atoms with Crippen LogP contribution in [-0.2, 0) is 0 Å². The standard InChI is InChI=1S/C11H7ClFNOS/c12-10-6-5-9(16-10)11(15)14-8-3-1-7(13)2-4-8/h1-6H,(H,14,15). The van der Waals surface area contributed by atoms with Gasteiger partial charge in [-0.1, -0.05) is 11.6 Å². The van der Waals surface area contributed by atoms with Crippen LogP contribution < -0.4 is 5.32 Å². The highest BCUT2D eigenvalue weighted by molar-refractivity contribution is 7.18. The van der Waals surface area contributed by atoms with Crippen LogP contribution in [0.15, 0.2) is 36.4 Å². The van der Waals surface area contributed by atoms with E-state index in [0.717, 1.165) is 0 Å². The van der Waals surface area contributed by atoms with E-state index in [1.807, 2.05) is 0 Å². The Kier molecular flexibility index (Phi) is 3.22. The van der Waals surface area contributed by atoms with Crippen molar-refractivity contribution in [2.75, 3.05) is 5.32 Å². The molecule has 0 fully saturated rings. The molecule has 16 heavy (non-hydrogen) atoms. The number of carbonyl (C=O) groups is 1. The third-order valence-electron chi connectivity index (χ3n) is 1.90. The second-order valence-corrected chi connectivity index (χ2v) is 4.78. The molecule has 0 bridgehead atoms. The molecule has 1 aromatic carbocycles. The van der Waals surface area contributed by atoms with E-state index in [2.05, 4.69) is 5.32 Å². The number of anilines is 1. The average Bonchev–Trinajstić information content (AvgIpc) is 2.68. The summed E-state index contributed by atoms with van der Waals surface area (Å²) in [5.74, 6) is -0.583. The van der Waals surface area contributed by atoms with Crippen LogP contribution in [0, 0.1) is 5.82 Å². The average molecular weight is 256 g/mol. The third-order valence-corrected chi connectivity index (χ3v) is 3.13. The molecule has 1 heterocycles. The molecule has 0 aliphatic heterocycles. The van der Waals surface area contributed by atoms with Gasteiger partial charge in [0.25, 0.3) is 5.91 Å². The van der Waals surface area contributed by atoms with E-state index in [4.69, 9.17) is 11.6 Å². The van der Waals surface area contributed by atoms with Crippen molar-refractivity contribution in [1.29, 1.82) is 0 Å². The van der Waals surface area contributed by atoms with Crippen molar-refractivity contribution in [3.8, 4) is 0 Å². The summed E-state index contributed by atoms with van der Waals surface area (Å²) in [6.07, 6.45) is 0. The molecule has 2 nitrogen and oxygen atoms in total. The quantitative estimate of drug-likeness (QED) is 0.869. The molecular weight excluding hydrogens is 249 g/mol. The van der Waals surface area contributed by atoms with Crippen LogP contribution >= 0.6 is 22.9 Å². The third kappa shape index (κ3) is 2.59. The van der Waals surface area contributed by atoms with Crippen LogP contribution in [-0.4, -0.2) is 5.91 Å². The molecule has 0 radical (unpaired) electrons. The number of hydrogen-bond donors (Lipinski definition) is 1. The molecule has 0 unspecified atom stereocenters. The fourth-order valence-electron chi connectivity index (χ4n) is 1.16. The maximum atomic E-state index is 12.6. The minimum Gasteiger partial charge on any atom is -0.321 e. The van der Waals surface area contributed by atoms with Crippen molar-refractivity contribution >= 4 is 34.5 Å². The predicted octanol–water partition coefficient (Wildman–Crippen LogP) is 3.79. The zero-order chi connectivity index (χ0) is 11.5. The Hall–Kier alpha value is -1.39. The smallest absolute Gasteiger partial charge is 0.265 e. The van der Waals surface area contributed by atoms with E-state index in [1.54, 1.807) is 12.1 Å². The van der Waals surface area contributed by atoms with Crippen LogP contribution in [0.5, 0.6) is 0 Å². The lowest BCUT2D eigenvalue weighted by molar-refractivity contribution is 0.103. The Bertz CT molecular complexity index is 509. The first-order chi connectivity index (χ1) is 7.65. The van der Waals surface area contributed by atoms with Gasteiger partial charge in [-0.25, -0.2) is 4.39 Å². The minimum atomic E-state index is -0.336. The fourth-order valence-corrected chi connectivity index (χ4v) is 2.10.